The molecule has 1 aromatic heterocycles. The normalized spacial score (nSPS) is 18.6. The minimum atomic E-state index is -0.328. The molecule has 1 atom stereocenters. The Hall–Kier alpha value is -2.60. The summed E-state index contributed by atoms with van der Waals surface area (Å²) in [5.41, 5.74) is 3.25. The molecule has 6 heteroatoms. The molecule has 1 unspecified atom stereocenters. The van der Waals surface area contributed by atoms with E-state index in [1.165, 1.54) is 0 Å². The van der Waals surface area contributed by atoms with Crippen LogP contribution in [0.25, 0.3) is 0 Å². The number of aromatic nitrogens is 1. The van der Waals surface area contributed by atoms with Gasteiger partial charge in [-0.2, -0.15) is 0 Å². The number of nitrogens with zero attached hydrogens (tertiary/aromatic N) is 3. The number of hydrogen-bond donors (Lipinski definition) is 0. The van der Waals surface area contributed by atoms with Crippen molar-refractivity contribution in [1.82, 2.24) is 4.98 Å². The van der Waals surface area contributed by atoms with Crippen LogP contribution in [0.4, 0.5) is 5.69 Å². The van der Waals surface area contributed by atoms with Gasteiger partial charge in [0.25, 0.3) is 0 Å². The Labute approximate surface area is 150 Å². The van der Waals surface area contributed by atoms with Gasteiger partial charge in [0, 0.05) is 17.3 Å². The van der Waals surface area contributed by atoms with Crippen LogP contribution in [0.5, 0.6) is 0 Å². The van der Waals surface area contributed by atoms with Gasteiger partial charge in [-0.3, -0.25) is 4.98 Å². The van der Waals surface area contributed by atoms with E-state index in [-0.39, 0.29) is 12.0 Å². The smallest absolute Gasteiger partial charge is 0.338 e. The number of amidine groups is 1. The number of carbonyl (C=O) groups excluding carboxylic acids is 1. The molecular formula is C19H17N3O2S. The van der Waals surface area contributed by atoms with Gasteiger partial charge in [-0.1, -0.05) is 18.2 Å². The number of esters is 1. The Balaban J connectivity index is 1.90. The molecule has 5 nitrogen and oxygen atoms in total. The molecule has 2 aromatic rings. The van der Waals surface area contributed by atoms with Gasteiger partial charge in [0.2, 0.25) is 0 Å². The minimum absolute atomic E-state index is 0.295. The van der Waals surface area contributed by atoms with Crippen LogP contribution in [0.3, 0.4) is 0 Å². The van der Waals surface area contributed by atoms with Gasteiger partial charge >= 0.3 is 5.97 Å². The number of benzene rings is 1. The van der Waals surface area contributed by atoms with Crippen LogP contribution in [0.1, 0.15) is 25.5 Å². The number of carbonyl (C=O) groups is 1. The molecular weight excluding hydrogens is 334 g/mol. The summed E-state index contributed by atoms with van der Waals surface area (Å²) >= 11 is 1.62. The summed E-state index contributed by atoms with van der Waals surface area (Å²) in [6.45, 7) is 4.01. The predicted octanol–water partition coefficient (Wildman–Crippen LogP) is 3.94. The lowest BCUT2D eigenvalue weighted by Crippen LogP contribution is -2.37. The summed E-state index contributed by atoms with van der Waals surface area (Å²) < 4.78 is 5.32. The van der Waals surface area contributed by atoms with E-state index in [0.717, 1.165) is 21.3 Å². The molecule has 1 aromatic carbocycles. The standard InChI is InChI=1S/C19H17N3O2S/c1-3-24-18(23)16-12(2)21-19-22(14-8-4-5-9-15(14)25-19)17(16)13-7-6-10-20-11-13/h4-11,17H,3H2,1-2H3. The van der Waals surface area contributed by atoms with E-state index >= 15 is 0 Å². The molecule has 0 spiro atoms. The molecule has 0 saturated heterocycles. The molecule has 0 aliphatic carbocycles. The summed E-state index contributed by atoms with van der Waals surface area (Å²) in [5.74, 6) is -0.328. The van der Waals surface area contributed by atoms with Crippen LogP contribution in [-0.2, 0) is 9.53 Å². The molecule has 0 saturated carbocycles. The fraction of sp³-hybridized carbons (Fsp3) is 0.211. The summed E-state index contributed by atoms with van der Waals surface area (Å²) in [6.07, 6.45) is 3.53. The van der Waals surface area contributed by atoms with Gasteiger partial charge < -0.3 is 9.64 Å². The summed E-state index contributed by atoms with van der Waals surface area (Å²) in [6, 6.07) is 11.7. The maximum absolute atomic E-state index is 12.7. The Morgan fingerprint density at radius 2 is 2.12 bits per heavy atom. The molecule has 3 heterocycles. The molecule has 0 fully saturated rings. The highest BCUT2D eigenvalue weighted by atomic mass is 32.2. The van der Waals surface area contributed by atoms with Crippen molar-refractivity contribution in [2.75, 3.05) is 11.5 Å². The number of aliphatic imine (C=N–C) groups is 1. The lowest BCUT2D eigenvalue weighted by molar-refractivity contribution is -0.138. The number of pyridine rings is 1. The average Bonchev–Trinajstić information content (AvgIpc) is 2.99. The third-order valence-corrected chi connectivity index (χ3v) is 5.25. The second-order valence-corrected chi connectivity index (χ2v) is 6.75. The molecule has 0 bridgehead atoms. The van der Waals surface area contributed by atoms with E-state index in [2.05, 4.69) is 27.0 Å². The van der Waals surface area contributed by atoms with Crippen molar-refractivity contribution in [3.05, 3.63) is 65.6 Å². The number of allylic oxidation sites excluding steroid dienone is 1. The highest BCUT2D eigenvalue weighted by Crippen LogP contribution is 2.49. The zero-order valence-electron chi connectivity index (χ0n) is 14.0. The Kier molecular flexibility index (Phi) is 4.05. The number of rotatable bonds is 3. The fourth-order valence-corrected chi connectivity index (χ4v) is 4.27. The lowest BCUT2D eigenvalue weighted by Gasteiger charge is -2.34. The molecule has 126 valence electrons. The molecule has 2 aliphatic rings. The van der Waals surface area contributed by atoms with E-state index in [1.54, 1.807) is 24.2 Å². The van der Waals surface area contributed by atoms with Crippen molar-refractivity contribution in [3.63, 3.8) is 0 Å². The monoisotopic (exact) mass is 351 g/mol. The topological polar surface area (TPSA) is 54.8 Å². The quantitative estimate of drug-likeness (QED) is 0.784. The summed E-state index contributed by atoms with van der Waals surface area (Å²) in [5, 5.41) is 0.876. The highest BCUT2D eigenvalue weighted by molar-refractivity contribution is 8.14. The first kappa shape index (κ1) is 15.9. The third kappa shape index (κ3) is 2.62. The van der Waals surface area contributed by atoms with Crippen molar-refractivity contribution >= 4 is 28.6 Å². The van der Waals surface area contributed by atoms with E-state index < -0.39 is 0 Å². The average molecular weight is 351 g/mol. The van der Waals surface area contributed by atoms with Crippen LogP contribution in [0.15, 0.2) is 69.9 Å². The largest absolute Gasteiger partial charge is 0.463 e. The van der Waals surface area contributed by atoms with E-state index in [9.17, 15) is 4.79 Å². The Morgan fingerprint density at radius 3 is 2.88 bits per heavy atom. The minimum Gasteiger partial charge on any atom is -0.463 e. The van der Waals surface area contributed by atoms with Gasteiger partial charge in [0.05, 0.1) is 29.6 Å². The highest BCUT2D eigenvalue weighted by Gasteiger charge is 2.41. The van der Waals surface area contributed by atoms with Crippen molar-refractivity contribution in [3.8, 4) is 0 Å². The molecule has 0 N–H and O–H groups in total. The van der Waals surface area contributed by atoms with Gasteiger partial charge in [-0.15, -0.1) is 0 Å². The van der Waals surface area contributed by atoms with Gasteiger partial charge in [-0.25, -0.2) is 9.79 Å². The Bertz CT molecular complexity index is 893. The summed E-state index contributed by atoms with van der Waals surface area (Å²) in [7, 11) is 0. The van der Waals surface area contributed by atoms with Crippen LogP contribution in [0, 0.1) is 0 Å². The maximum atomic E-state index is 12.7. The van der Waals surface area contributed by atoms with E-state index in [1.807, 2.05) is 38.1 Å². The third-order valence-electron chi connectivity index (χ3n) is 4.21. The summed E-state index contributed by atoms with van der Waals surface area (Å²) in [4.78, 5) is 24.9. The van der Waals surface area contributed by atoms with Crippen molar-refractivity contribution in [1.29, 1.82) is 0 Å². The zero-order chi connectivity index (χ0) is 17.4. The number of fused-ring (bicyclic) bond motifs is 3. The van der Waals surface area contributed by atoms with Gasteiger partial charge in [0.15, 0.2) is 5.17 Å². The van der Waals surface area contributed by atoms with Crippen LogP contribution >= 0.6 is 11.8 Å². The molecule has 25 heavy (non-hydrogen) atoms. The number of ether oxygens (including phenoxy) is 1. The van der Waals surface area contributed by atoms with Gasteiger partial charge in [0.1, 0.15) is 0 Å². The van der Waals surface area contributed by atoms with Crippen molar-refractivity contribution in [2.45, 2.75) is 24.8 Å². The second kappa shape index (κ2) is 6.37. The SMILES string of the molecule is CCOC(=O)C1=C(C)N=C2Sc3ccccc3N2C1c1cccnc1. The molecule has 0 amide bonds. The van der Waals surface area contributed by atoms with Crippen LogP contribution < -0.4 is 4.90 Å². The zero-order valence-corrected chi connectivity index (χ0v) is 14.8. The van der Waals surface area contributed by atoms with Crippen LogP contribution in [0.2, 0.25) is 0 Å². The number of para-hydroxylation sites is 1. The first-order valence-corrected chi connectivity index (χ1v) is 8.95. The first-order valence-electron chi connectivity index (χ1n) is 8.13. The first-order chi connectivity index (χ1) is 12.2. The maximum Gasteiger partial charge on any atom is 0.338 e. The molecule has 0 radical (unpaired) electrons. The number of thioether (sulfide) groups is 1. The number of anilines is 1. The number of hydrogen-bond acceptors (Lipinski definition) is 6. The van der Waals surface area contributed by atoms with Crippen LogP contribution in [-0.4, -0.2) is 22.7 Å². The lowest BCUT2D eigenvalue weighted by atomic mass is 9.95. The fourth-order valence-electron chi connectivity index (χ4n) is 3.17. The van der Waals surface area contributed by atoms with Crippen molar-refractivity contribution in [2.24, 2.45) is 4.99 Å². The molecule has 4 rings (SSSR count). The molecule has 2 aliphatic heterocycles. The Morgan fingerprint density at radius 1 is 1.28 bits per heavy atom. The second-order valence-electron chi connectivity index (χ2n) is 5.74. The van der Waals surface area contributed by atoms with E-state index in [0.29, 0.717) is 17.9 Å². The van der Waals surface area contributed by atoms with Gasteiger partial charge in [-0.05, 0) is 49.4 Å². The van der Waals surface area contributed by atoms with Crippen molar-refractivity contribution < 1.29 is 9.53 Å². The predicted molar refractivity (Wildman–Crippen MR) is 98.5 cm³/mol. The van der Waals surface area contributed by atoms with E-state index in [4.69, 9.17) is 4.74 Å².